The summed E-state index contributed by atoms with van der Waals surface area (Å²) in [6, 6.07) is 7.20. The second kappa shape index (κ2) is 6.90. The zero-order chi connectivity index (χ0) is 14.5. The second-order valence-electron chi connectivity index (χ2n) is 3.95. The smallest absolute Gasteiger partial charge is 0.204 e. The number of hydrogen-bond acceptors (Lipinski definition) is 4. The van der Waals surface area contributed by atoms with Crippen molar-refractivity contribution in [2.24, 2.45) is 0 Å². The minimum atomic E-state index is -0.0177. The lowest BCUT2D eigenvalue weighted by Gasteiger charge is -2.13. The number of halogens is 1. The van der Waals surface area contributed by atoms with Gasteiger partial charge in [0.15, 0.2) is 11.5 Å². The van der Waals surface area contributed by atoms with E-state index in [1.54, 1.807) is 12.1 Å². The largest absolute Gasteiger partial charge is 0.490 e. The Balaban J connectivity index is 2.43. The van der Waals surface area contributed by atoms with Gasteiger partial charge in [-0.1, -0.05) is 6.07 Å². The third kappa shape index (κ3) is 3.22. The third-order valence-corrected chi connectivity index (χ3v) is 4.15. The Bertz CT molecular complexity index is 593. The molecule has 5 heteroatoms. The van der Waals surface area contributed by atoms with E-state index in [2.05, 4.69) is 15.9 Å². The van der Waals surface area contributed by atoms with Gasteiger partial charge in [-0.2, -0.15) is 0 Å². The van der Waals surface area contributed by atoms with Gasteiger partial charge in [-0.15, -0.1) is 11.3 Å². The van der Waals surface area contributed by atoms with Crippen LogP contribution in [0.2, 0.25) is 0 Å². The number of ketones is 1. The Hall–Kier alpha value is -1.33. The molecule has 106 valence electrons. The normalized spacial score (nSPS) is 10.3. The highest BCUT2D eigenvalue weighted by molar-refractivity contribution is 9.10. The predicted octanol–water partition coefficient (Wildman–Crippen LogP) is 4.54. The van der Waals surface area contributed by atoms with Gasteiger partial charge in [0, 0.05) is 10.0 Å². The SMILES string of the molecule is CCOc1cc(Br)c(C(=O)c2cccs2)cc1OCC. The van der Waals surface area contributed by atoms with E-state index in [1.165, 1.54) is 11.3 Å². The molecule has 0 aliphatic rings. The van der Waals surface area contributed by atoms with Crippen molar-refractivity contribution in [3.63, 3.8) is 0 Å². The fraction of sp³-hybridized carbons (Fsp3) is 0.267. The molecule has 0 amide bonds. The van der Waals surface area contributed by atoms with Crippen LogP contribution in [0.3, 0.4) is 0 Å². The summed E-state index contributed by atoms with van der Waals surface area (Å²) in [6.07, 6.45) is 0. The number of hydrogen-bond donors (Lipinski definition) is 0. The molecule has 0 unspecified atom stereocenters. The molecular weight excluding hydrogens is 340 g/mol. The Morgan fingerprint density at radius 2 is 1.85 bits per heavy atom. The van der Waals surface area contributed by atoms with E-state index in [9.17, 15) is 4.79 Å². The van der Waals surface area contributed by atoms with Crippen molar-refractivity contribution >= 4 is 33.0 Å². The molecule has 0 saturated carbocycles. The van der Waals surface area contributed by atoms with Gasteiger partial charge in [-0.25, -0.2) is 0 Å². The highest BCUT2D eigenvalue weighted by Crippen LogP contribution is 2.35. The van der Waals surface area contributed by atoms with Crippen molar-refractivity contribution in [3.05, 3.63) is 44.6 Å². The van der Waals surface area contributed by atoms with Gasteiger partial charge in [-0.3, -0.25) is 4.79 Å². The van der Waals surface area contributed by atoms with Crippen molar-refractivity contribution in [3.8, 4) is 11.5 Å². The van der Waals surface area contributed by atoms with E-state index in [0.29, 0.717) is 39.6 Å². The van der Waals surface area contributed by atoms with Crippen LogP contribution in [-0.4, -0.2) is 19.0 Å². The monoisotopic (exact) mass is 354 g/mol. The van der Waals surface area contributed by atoms with Gasteiger partial charge >= 0.3 is 0 Å². The maximum absolute atomic E-state index is 12.4. The first-order valence-corrected chi connectivity index (χ1v) is 8.02. The molecule has 0 aliphatic heterocycles. The molecule has 1 heterocycles. The lowest BCUT2D eigenvalue weighted by molar-refractivity contribution is 0.104. The quantitative estimate of drug-likeness (QED) is 0.714. The fourth-order valence-corrected chi connectivity index (χ4v) is 2.97. The van der Waals surface area contributed by atoms with Crippen molar-refractivity contribution < 1.29 is 14.3 Å². The third-order valence-electron chi connectivity index (χ3n) is 2.62. The Morgan fingerprint density at radius 1 is 1.20 bits per heavy atom. The summed E-state index contributed by atoms with van der Waals surface area (Å²) in [4.78, 5) is 13.1. The van der Waals surface area contributed by atoms with Crippen LogP contribution in [0, 0.1) is 0 Å². The first-order chi connectivity index (χ1) is 9.67. The zero-order valence-corrected chi connectivity index (χ0v) is 13.7. The Morgan fingerprint density at radius 3 is 2.40 bits per heavy atom. The Labute approximate surface area is 130 Å². The molecule has 2 aromatic rings. The summed E-state index contributed by atoms with van der Waals surface area (Å²) < 4.78 is 11.8. The standard InChI is InChI=1S/C15H15BrO3S/c1-3-18-12-8-10(11(16)9-13(12)19-4-2)15(17)14-6-5-7-20-14/h5-9H,3-4H2,1-2H3. The first kappa shape index (κ1) is 15.1. The van der Waals surface area contributed by atoms with E-state index in [1.807, 2.05) is 31.4 Å². The van der Waals surface area contributed by atoms with Crippen molar-refractivity contribution in [1.82, 2.24) is 0 Å². The molecule has 1 aromatic carbocycles. The molecule has 0 spiro atoms. The van der Waals surface area contributed by atoms with E-state index in [4.69, 9.17) is 9.47 Å². The molecule has 0 atom stereocenters. The van der Waals surface area contributed by atoms with Crippen molar-refractivity contribution in [1.29, 1.82) is 0 Å². The first-order valence-electron chi connectivity index (χ1n) is 6.34. The maximum Gasteiger partial charge on any atom is 0.204 e. The molecule has 3 nitrogen and oxygen atoms in total. The molecule has 0 N–H and O–H groups in total. The maximum atomic E-state index is 12.4. The average Bonchev–Trinajstić information content (AvgIpc) is 2.95. The second-order valence-corrected chi connectivity index (χ2v) is 5.75. The minimum absolute atomic E-state index is 0.0177. The van der Waals surface area contributed by atoms with Crippen LogP contribution in [0.5, 0.6) is 11.5 Å². The predicted molar refractivity (Wildman–Crippen MR) is 84.2 cm³/mol. The van der Waals surface area contributed by atoms with Gasteiger partial charge < -0.3 is 9.47 Å². The lowest BCUT2D eigenvalue weighted by Crippen LogP contribution is -2.04. The van der Waals surface area contributed by atoms with Crippen molar-refractivity contribution in [2.75, 3.05) is 13.2 Å². The van der Waals surface area contributed by atoms with Crippen LogP contribution in [0.4, 0.5) is 0 Å². The minimum Gasteiger partial charge on any atom is -0.490 e. The number of rotatable bonds is 6. The van der Waals surface area contributed by atoms with Crippen LogP contribution in [-0.2, 0) is 0 Å². The number of carbonyl (C=O) groups excluding carboxylic acids is 1. The van der Waals surface area contributed by atoms with Crippen LogP contribution in [0.25, 0.3) is 0 Å². The van der Waals surface area contributed by atoms with Gasteiger partial charge in [0.2, 0.25) is 5.78 Å². The summed E-state index contributed by atoms with van der Waals surface area (Å²) in [5, 5.41) is 1.89. The van der Waals surface area contributed by atoms with E-state index in [0.717, 1.165) is 0 Å². The summed E-state index contributed by atoms with van der Waals surface area (Å²) in [6.45, 7) is 4.88. The molecule has 0 radical (unpaired) electrons. The molecular formula is C15H15BrO3S. The lowest BCUT2D eigenvalue weighted by atomic mass is 10.1. The molecule has 2 rings (SSSR count). The molecule has 0 aliphatic carbocycles. The molecule has 1 aromatic heterocycles. The number of ether oxygens (including phenoxy) is 2. The highest BCUT2D eigenvalue weighted by Gasteiger charge is 2.18. The summed E-state index contributed by atoms with van der Waals surface area (Å²) in [5.41, 5.74) is 0.583. The van der Waals surface area contributed by atoms with Crippen LogP contribution in [0.1, 0.15) is 29.1 Å². The summed E-state index contributed by atoms with van der Waals surface area (Å²) in [7, 11) is 0. The molecule has 0 bridgehead atoms. The van der Waals surface area contributed by atoms with E-state index >= 15 is 0 Å². The van der Waals surface area contributed by atoms with Gasteiger partial charge in [0.25, 0.3) is 0 Å². The van der Waals surface area contributed by atoms with Gasteiger partial charge in [0.1, 0.15) is 0 Å². The number of thiophene rings is 1. The van der Waals surface area contributed by atoms with E-state index < -0.39 is 0 Å². The average molecular weight is 355 g/mol. The summed E-state index contributed by atoms with van der Waals surface area (Å²) in [5.74, 6) is 1.22. The van der Waals surface area contributed by atoms with Crippen LogP contribution >= 0.6 is 27.3 Å². The molecule has 20 heavy (non-hydrogen) atoms. The van der Waals surface area contributed by atoms with Crippen molar-refractivity contribution in [2.45, 2.75) is 13.8 Å². The number of benzene rings is 1. The summed E-state index contributed by atoms with van der Waals surface area (Å²) >= 11 is 4.86. The van der Waals surface area contributed by atoms with Crippen LogP contribution < -0.4 is 9.47 Å². The molecule has 0 saturated heterocycles. The zero-order valence-electron chi connectivity index (χ0n) is 11.3. The fourth-order valence-electron chi connectivity index (χ4n) is 1.79. The highest BCUT2D eigenvalue weighted by atomic mass is 79.9. The van der Waals surface area contributed by atoms with Gasteiger partial charge in [0.05, 0.1) is 18.1 Å². The molecule has 0 fully saturated rings. The Kier molecular flexibility index (Phi) is 5.20. The number of carbonyl (C=O) groups is 1. The van der Waals surface area contributed by atoms with E-state index in [-0.39, 0.29) is 5.78 Å². The topological polar surface area (TPSA) is 35.5 Å². The van der Waals surface area contributed by atoms with Crippen LogP contribution in [0.15, 0.2) is 34.1 Å². The van der Waals surface area contributed by atoms with Gasteiger partial charge in [-0.05, 0) is 53.4 Å².